The molecule has 1 rings (SSSR count). The van der Waals surface area contributed by atoms with Gasteiger partial charge in [0.1, 0.15) is 6.61 Å². The standard InChI is InChI=1S/C12H23N2O5P/c1-12(2,3-5-14-6-9-18-10-7-14)11(15)19-8-4-13-20(16)17/h3-10H2,1-2H3,(H-,13,16,17)/p+1. The van der Waals surface area contributed by atoms with Gasteiger partial charge < -0.3 is 9.47 Å². The van der Waals surface area contributed by atoms with E-state index < -0.39 is 13.6 Å². The van der Waals surface area contributed by atoms with Crippen molar-refractivity contribution in [2.45, 2.75) is 20.3 Å². The topological polar surface area (TPSA) is 88.1 Å². The maximum atomic E-state index is 12.0. The Labute approximate surface area is 120 Å². The molecule has 0 aromatic carbocycles. The summed E-state index contributed by atoms with van der Waals surface area (Å²) in [5, 5.41) is 2.30. The van der Waals surface area contributed by atoms with Gasteiger partial charge in [0, 0.05) is 13.1 Å². The van der Waals surface area contributed by atoms with E-state index in [0.717, 1.165) is 32.8 Å². The lowest BCUT2D eigenvalue weighted by Gasteiger charge is -2.30. The van der Waals surface area contributed by atoms with Crippen LogP contribution in [-0.4, -0.2) is 61.8 Å². The molecule has 1 aliphatic rings. The maximum absolute atomic E-state index is 12.0. The fraction of sp³-hybridized carbons (Fsp3) is 0.917. The van der Waals surface area contributed by atoms with Crippen LogP contribution in [-0.2, 0) is 18.8 Å². The van der Waals surface area contributed by atoms with Crippen molar-refractivity contribution in [1.29, 1.82) is 0 Å². The van der Waals surface area contributed by atoms with Crippen molar-refractivity contribution in [3.63, 3.8) is 0 Å². The van der Waals surface area contributed by atoms with Crippen molar-refractivity contribution in [3.05, 3.63) is 0 Å². The van der Waals surface area contributed by atoms with Crippen LogP contribution in [0.3, 0.4) is 0 Å². The van der Waals surface area contributed by atoms with Gasteiger partial charge in [0.2, 0.25) is 0 Å². The summed E-state index contributed by atoms with van der Waals surface area (Å²) in [6.45, 7) is 8.12. The maximum Gasteiger partial charge on any atom is 0.610 e. The summed E-state index contributed by atoms with van der Waals surface area (Å²) in [7, 11) is -2.38. The molecule has 20 heavy (non-hydrogen) atoms. The minimum Gasteiger partial charge on any atom is -0.464 e. The first-order valence-corrected chi connectivity index (χ1v) is 8.00. The van der Waals surface area contributed by atoms with E-state index in [2.05, 4.69) is 9.99 Å². The highest BCUT2D eigenvalue weighted by molar-refractivity contribution is 7.35. The Morgan fingerprint density at radius 1 is 1.45 bits per heavy atom. The third-order valence-electron chi connectivity index (χ3n) is 3.29. The summed E-state index contributed by atoms with van der Waals surface area (Å²) in [4.78, 5) is 22.8. The SMILES string of the molecule is CC(C)(CCN1CCOCC1)C(=O)OCCN[P+](=O)O. The number of rotatable bonds is 8. The van der Waals surface area contributed by atoms with Crippen molar-refractivity contribution in [2.24, 2.45) is 5.41 Å². The van der Waals surface area contributed by atoms with Crippen LogP contribution in [0.2, 0.25) is 0 Å². The molecule has 1 fully saturated rings. The molecule has 1 heterocycles. The summed E-state index contributed by atoms with van der Waals surface area (Å²) in [6.07, 6.45) is 0.716. The first-order chi connectivity index (χ1) is 9.42. The van der Waals surface area contributed by atoms with E-state index in [1.54, 1.807) is 0 Å². The number of nitrogens with zero attached hydrogens (tertiary/aromatic N) is 1. The predicted molar refractivity (Wildman–Crippen MR) is 74.4 cm³/mol. The minimum absolute atomic E-state index is 0.0987. The van der Waals surface area contributed by atoms with E-state index in [1.165, 1.54) is 0 Å². The summed E-state index contributed by atoms with van der Waals surface area (Å²) < 4.78 is 20.8. The van der Waals surface area contributed by atoms with Crippen LogP contribution >= 0.6 is 8.18 Å². The number of morpholine rings is 1. The summed E-state index contributed by atoms with van der Waals surface area (Å²) in [5.41, 5.74) is -0.556. The van der Waals surface area contributed by atoms with Gasteiger partial charge in [0.05, 0.1) is 25.2 Å². The Kier molecular flexibility index (Phi) is 7.55. The Balaban J connectivity index is 2.23. The van der Waals surface area contributed by atoms with Gasteiger partial charge in [-0.05, 0) is 31.4 Å². The number of carbonyl (C=O) groups excluding carboxylic acids is 1. The molecule has 1 aliphatic heterocycles. The van der Waals surface area contributed by atoms with Gasteiger partial charge in [-0.1, -0.05) is 5.09 Å². The van der Waals surface area contributed by atoms with Crippen LogP contribution in [0.5, 0.6) is 0 Å². The second kappa shape index (κ2) is 8.64. The molecule has 8 heteroatoms. The highest BCUT2D eigenvalue weighted by Gasteiger charge is 2.30. The zero-order valence-electron chi connectivity index (χ0n) is 12.1. The second-order valence-electron chi connectivity index (χ2n) is 5.40. The fourth-order valence-corrected chi connectivity index (χ4v) is 2.13. The molecule has 0 aromatic rings. The number of hydrogen-bond donors (Lipinski definition) is 2. The lowest BCUT2D eigenvalue weighted by atomic mass is 9.89. The highest BCUT2D eigenvalue weighted by atomic mass is 31.1. The molecule has 0 radical (unpaired) electrons. The molecule has 0 amide bonds. The van der Waals surface area contributed by atoms with E-state index in [-0.39, 0.29) is 19.1 Å². The summed E-state index contributed by atoms with van der Waals surface area (Å²) >= 11 is 0. The molecular formula is C12H24N2O5P+. The number of nitrogens with one attached hydrogen (secondary N) is 1. The zero-order chi connectivity index (χ0) is 15.0. The average molecular weight is 307 g/mol. The van der Waals surface area contributed by atoms with Crippen molar-refractivity contribution >= 4 is 14.1 Å². The molecular weight excluding hydrogens is 283 g/mol. The second-order valence-corrected chi connectivity index (χ2v) is 6.27. The minimum atomic E-state index is -2.38. The average Bonchev–Trinajstić information content (AvgIpc) is 2.42. The molecule has 7 nitrogen and oxygen atoms in total. The molecule has 1 atom stereocenters. The van der Waals surface area contributed by atoms with Gasteiger partial charge in [-0.3, -0.25) is 9.69 Å². The Hall–Kier alpha value is -0.590. The Morgan fingerprint density at radius 3 is 2.70 bits per heavy atom. The van der Waals surface area contributed by atoms with E-state index >= 15 is 0 Å². The van der Waals surface area contributed by atoms with E-state index in [0.29, 0.717) is 6.42 Å². The highest BCUT2D eigenvalue weighted by Crippen LogP contribution is 2.23. The smallest absolute Gasteiger partial charge is 0.464 e. The van der Waals surface area contributed by atoms with Gasteiger partial charge in [-0.2, -0.15) is 0 Å². The van der Waals surface area contributed by atoms with Crippen molar-refractivity contribution in [3.8, 4) is 0 Å². The first-order valence-electron chi connectivity index (χ1n) is 6.79. The van der Waals surface area contributed by atoms with Gasteiger partial charge in [0.15, 0.2) is 0 Å². The lowest BCUT2D eigenvalue weighted by molar-refractivity contribution is -0.154. The van der Waals surface area contributed by atoms with E-state index in [9.17, 15) is 9.36 Å². The third-order valence-corrected chi connectivity index (χ3v) is 3.79. The van der Waals surface area contributed by atoms with Crippen LogP contribution in [0, 0.1) is 5.41 Å². The molecule has 0 spiro atoms. The largest absolute Gasteiger partial charge is 0.610 e. The predicted octanol–water partition coefficient (Wildman–Crippen LogP) is 0.517. The molecule has 116 valence electrons. The van der Waals surface area contributed by atoms with Crippen LogP contribution in [0.15, 0.2) is 0 Å². The van der Waals surface area contributed by atoms with Crippen LogP contribution in [0.4, 0.5) is 0 Å². The molecule has 0 aromatic heterocycles. The van der Waals surface area contributed by atoms with Gasteiger partial charge in [-0.25, -0.2) is 0 Å². The number of carbonyl (C=O) groups is 1. The van der Waals surface area contributed by atoms with Crippen molar-refractivity contribution < 1.29 is 23.7 Å². The molecule has 1 unspecified atom stereocenters. The molecule has 0 aliphatic carbocycles. The monoisotopic (exact) mass is 307 g/mol. The van der Waals surface area contributed by atoms with E-state index in [1.807, 2.05) is 13.8 Å². The summed E-state index contributed by atoms with van der Waals surface area (Å²) in [6, 6.07) is 0. The number of hydrogen-bond acceptors (Lipinski definition) is 5. The Morgan fingerprint density at radius 2 is 2.10 bits per heavy atom. The normalized spacial score (nSPS) is 17.9. The van der Waals surface area contributed by atoms with Crippen molar-refractivity contribution in [1.82, 2.24) is 9.99 Å². The van der Waals surface area contributed by atoms with Crippen LogP contribution in [0.1, 0.15) is 20.3 Å². The fourth-order valence-electron chi connectivity index (χ4n) is 1.84. The van der Waals surface area contributed by atoms with Crippen LogP contribution < -0.4 is 5.09 Å². The summed E-state index contributed by atoms with van der Waals surface area (Å²) in [5.74, 6) is -0.277. The molecule has 1 saturated heterocycles. The van der Waals surface area contributed by atoms with Crippen LogP contribution in [0.25, 0.3) is 0 Å². The Bertz CT molecular complexity index is 332. The first kappa shape index (κ1) is 17.5. The van der Waals surface area contributed by atoms with Gasteiger partial charge in [0.25, 0.3) is 0 Å². The van der Waals surface area contributed by atoms with Gasteiger partial charge in [-0.15, -0.1) is 4.89 Å². The molecule has 2 N–H and O–H groups in total. The van der Waals surface area contributed by atoms with Crippen molar-refractivity contribution in [2.75, 3.05) is 46.0 Å². The quantitative estimate of drug-likeness (QED) is 0.384. The van der Waals surface area contributed by atoms with Gasteiger partial charge >= 0.3 is 14.1 Å². The molecule has 0 saturated carbocycles. The number of esters is 1. The molecule has 0 bridgehead atoms. The number of ether oxygens (including phenoxy) is 2. The zero-order valence-corrected chi connectivity index (χ0v) is 13.0. The van der Waals surface area contributed by atoms with E-state index in [4.69, 9.17) is 14.4 Å². The third kappa shape index (κ3) is 6.72. The lowest BCUT2D eigenvalue weighted by Crippen LogP contribution is -2.39.